The lowest BCUT2D eigenvalue weighted by molar-refractivity contribution is -0.148. The minimum Gasteiger partial charge on any atom is -0.478 e. The van der Waals surface area contributed by atoms with Gasteiger partial charge in [-0.2, -0.15) is 0 Å². The van der Waals surface area contributed by atoms with Crippen molar-refractivity contribution < 1.29 is 27.9 Å². The summed E-state index contributed by atoms with van der Waals surface area (Å²) in [5.41, 5.74) is 1.59. The molecule has 3 rings (SSSR count). The van der Waals surface area contributed by atoms with Crippen LogP contribution in [0.15, 0.2) is 47.4 Å². The van der Waals surface area contributed by atoms with Gasteiger partial charge < -0.3 is 14.7 Å². The number of anilines is 2. The standard InChI is InChI=1S/C23H28N2O6S/c1-3-16-7-10-19(11-8-16)32(29,30)24-18-9-12-21(20(14-18)22(26)27)25-13-5-6-17(15-25)23(28)31-4-2/h7-12,14,17,24H,3-6,13,15H2,1-2H3,(H,26,27)/t17-/m1/s1. The predicted molar refractivity (Wildman–Crippen MR) is 122 cm³/mol. The summed E-state index contributed by atoms with van der Waals surface area (Å²) in [6.07, 6.45) is 2.21. The fraction of sp³-hybridized carbons (Fsp3) is 0.391. The Morgan fingerprint density at radius 2 is 1.88 bits per heavy atom. The molecule has 1 heterocycles. The number of nitrogens with one attached hydrogen (secondary N) is 1. The second-order valence-corrected chi connectivity index (χ2v) is 9.36. The van der Waals surface area contributed by atoms with Crippen LogP contribution in [0.2, 0.25) is 0 Å². The molecule has 2 aromatic rings. The smallest absolute Gasteiger partial charge is 0.337 e. The molecule has 172 valence electrons. The van der Waals surface area contributed by atoms with E-state index >= 15 is 0 Å². The quantitative estimate of drug-likeness (QED) is 0.580. The molecule has 1 atom stereocenters. The van der Waals surface area contributed by atoms with Crippen LogP contribution in [-0.2, 0) is 26.0 Å². The van der Waals surface area contributed by atoms with E-state index in [9.17, 15) is 23.1 Å². The fourth-order valence-corrected chi connectivity index (χ4v) is 4.86. The van der Waals surface area contributed by atoms with Gasteiger partial charge in [0.25, 0.3) is 10.0 Å². The molecule has 8 nitrogen and oxygen atoms in total. The fourth-order valence-electron chi connectivity index (χ4n) is 3.81. The zero-order valence-corrected chi connectivity index (χ0v) is 19.0. The SMILES string of the molecule is CCOC(=O)[C@@H]1CCCN(c2ccc(NS(=O)(=O)c3ccc(CC)cc3)cc2C(=O)O)C1. The van der Waals surface area contributed by atoms with Crippen LogP contribution in [0.25, 0.3) is 0 Å². The number of benzene rings is 2. The molecule has 0 unspecified atom stereocenters. The van der Waals surface area contributed by atoms with Gasteiger partial charge in [-0.05, 0) is 62.1 Å². The Bertz CT molecular complexity index is 1080. The number of aromatic carboxylic acids is 1. The Kier molecular flexibility index (Phi) is 7.40. The van der Waals surface area contributed by atoms with Gasteiger partial charge in [0.05, 0.1) is 28.7 Å². The molecule has 9 heteroatoms. The molecule has 0 spiro atoms. The number of ether oxygens (including phenoxy) is 1. The van der Waals surface area contributed by atoms with Gasteiger partial charge in [0, 0.05) is 18.8 Å². The third kappa shape index (κ3) is 5.40. The molecular formula is C23H28N2O6S. The normalized spacial score (nSPS) is 16.4. The Hall–Kier alpha value is -3.07. The minimum atomic E-state index is -3.86. The number of rotatable bonds is 8. The topological polar surface area (TPSA) is 113 Å². The summed E-state index contributed by atoms with van der Waals surface area (Å²) >= 11 is 0. The summed E-state index contributed by atoms with van der Waals surface area (Å²) in [6, 6.07) is 11.0. The molecule has 0 radical (unpaired) electrons. The number of piperidine rings is 1. The van der Waals surface area contributed by atoms with Crippen molar-refractivity contribution in [3.8, 4) is 0 Å². The van der Waals surface area contributed by atoms with Crippen molar-refractivity contribution in [1.82, 2.24) is 0 Å². The number of hydrogen-bond acceptors (Lipinski definition) is 6. The third-order valence-corrected chi connectivity index (χ3v) is 6.90. The third-order valence-electron chi connectivity index (χ3n) is 5.50. The molecule has 1 saturated heterocycles. The number of carboxylic acids is 1. The average molecular weight is 461 g/mol. The summed E-state index contributed by atoms with van der Waals surface area (Å²) in [5.74, 6) is -1.78. The number of esters is 1. The first-order chi connectivity index (χ1) is 15.2. The van der Waals surface area contributed by atoms with Crippen molar-refractivity contribution in [1.29, 1.82) is 0 Å². The van der Waals surface area contributed by atoms with E-state index in [2.05, 4.69) is 4.72 Å². The average Bonchev–Trinajstić information content (AvgIpc) is 2.79. The van der Waals surface area contributed by atoms with Crippen LogP contribution in [0, 0.1) is 5.92 Å². The Morgan fingerprint density at radius 1 is 1.16 bits per heavy atom. The Balaban J connectivity index is 1.84. The number of carbonyl (C=O) groups excluding carboxylic acids is 1. The van der Waals surface area contributed by atoms with Crippen LogP contribution in [-0.4, -0.2) is 45.2 Å². The second kappa shape index (κ2) is 10.0. The number of sulfonamides is 1. The van der Waals surface area contributed by atoms with E-state index in [1.54, 1.807) is 25.1 Å². The highest BCUT2D eigenvalue weighted by atomic mass is 32.2. The molecule has 32 heavy (non-hydrogen) atoms. The highest BCUT2D eigenvalue weighted by molar-refractivity contribution is 7.92. The number of hydrogen-bond donors (Lipinski definition) is 2. The van der Waals surface area contributed by atoms with E-state index in [0.29, 0.717) is 31.8 Å². The summed E-state index contributed by atoms with van der Waals surface area (Å²) in [6.45, 7) is 4.98. The molecule has 0 aromatic heterocycles. The lowest BCUT2D eigenvalue weighted by atomic mass is 9.97. The first-order valence-corrected chi connectivity index (χ1v) is 12.1. The molecule has 0 aliphatic carbocycles. The Labute approximate surface area is 188 Å². The van der Waals surface area contributed by atoms with Crippen LogP contribution in [0.3, 0.4) is 0 Å². The maximum Gasteiger partial charge on any atom is 0.337 e. The maximum atomic E-state index is 12.7. The molecule has 1 aliphatic rings. The van der Waals surface area contributed by atoms with E-state index < -0.39 is 16.0 Å². The highest BCUT2D eigenvalue weighted by Gasteiger charge is 2.29. The number of carbonyl (C=O) groups is 2. The van der Waals surface area contributed by atoms with Gasteiger partial charge in [-0.1, -0.05) is 19.1 Å². The largest absolute Gasteiger partial charge is 0.478 e. The van der Waals surface area contributed by atoms with Crippen LogP contribution in [0.5, 0.6) is 0 Å². The number of nitrogens with zero attached hydrogens (tertiary/aromatic N) is 1. The minimum absolute atomic E-state index is 0.0314. The van der Waals surface area contributed by atoms with E-state index in [0.717, 1.165) is 18.4 Å². The van der Waals surface area contributed by atoms with Crippen LogP contribution in [0.4, 0.5) is 11.4 Å². The predicted octanol–water partition coefficient (Wildman–Crippen LogP) is 3.53. The lowest BCUT2D eigenvalue weighted by Gasteiger charge is -2.34. The van der Waals surface area contributed by atoms with Gasteiger partial charge in [-0.15, -0.1) is 0 Å². The van der Waals surface area contributed by atoms with Gasteiger partial charge in [0.2, 0.25) is 0 Å². The van der Waals surface area contributed by atoms with Gasteiger partial charge in [0.1, 0.15) is 0 Å². The maximum absolute atomic E-state index is 12.7. The van der Waals surface area contributed by atoms with Crippen molar-refractivity contribution in [2.45, 2.75) is 38.0 Å². The first-order valence-electron chi connectivity index (χ1n) is 10.7. The number of carboxylic acid groups (broad SMARTS) is 1. The molecular weight excluding hydrogens is 432 g/mol. The molecule has 2 N–H and O–H groups in total. The second-order valence-electron chi connectivity index (χ2n) is 7.68. The van der Waals surface area contributed by atoms with Gasteiger partial charge in [-0.25, -0.2) is 13.2 Å². The van der Waals surface area contributed by atoms with Crippen LogP contribution >= 0.6 is 0 Å². The van der Waals surface area contributed by atoms with Crippen LogP contribution < -0.4 is 9.62 Å². The first kappa shape index (κ1) is 23.6. The van der Waals surface area contributed by atoms with E-state index in [1.165, 1.54) is 24.3 Å². The monoisotopic (exact) mass is 460 g/mol. The molecule has 0 amide bonds. The molecule has 0 bridgehead atoms. The number of aryl methyl sites for hydroxylation is 1. The Morgan fingerprint density at radius 3 is 2.50 bits per heavy atom. The van der Waals surface area contributed by atoms with E-state index in [4.69, 9.17) is 4.74 Å². The molecule has 2 aromatic carbocycles. The zero-order chi connectivity index (χ0) is 23.3. The van der Waals surface area contributed by atoms with E-state index in [-0.39, 0.29) is 28.0 Å². The highest BCUT2D eigenvalue weighted by Crippen LogP contribution is 2.30. The summed E-state index contributed by atoms with van der Waals surface area (Å²) in [7, 11) is -3.86. The summed E-state index contributed by atoms with van der Waals surface area (Å²) < 4.78 is 33.0. The lowest BCUT2D eigenvalue weighted by Crippen LogP contribution is -2.40. The van der Waals surface area contributed by atoms with Crippen molar-refractivity contribution in [3.05, 3.63) is 53.6 Å². The summed E-state index contributed by atoms with van der Waals surface area (Å²) in [4.78, 5) is 26.0. The molecule has 0 saturated carbocycles. The van der Waals surface area contributed by atoms with Crippen molar-refractivity contribution in [2.24, 2.45) is 5.92 Å². The van der Waals surface area contributed by atoms with Crippen LogP contribution in [0.1, 0.15) is 42.6 Å². The van der Waals surface area contributed by atoms with Gasteiger partial charge in [-0.3, -0.25) is 9.52 Å². The van der Waals surface area contributed by atoms with E-state index in [1.807, 2.05) is 11.8 Å². The van der Waals surface area contributed by atoms with Crippen molar-refractivity contribution in [3.63, 3.8) is 0 Å². The summed E-state index contributed by atoms with van der Waals surface area (Å²) in [5, 5.41) is 9.76. The zero-order valence-electron chi connectivity index (χ0n) is 18.2. The molecule has 1 aliphatic heterocycles. The van der Waals surface area contributed by atoms with Crippen molar-refractivity contribution >= 4 is 33.3 Å². The van der Waals surface area contributed by atoms with Gasteiger partial charge >= 0.3 is 11.9 Å². The molecule has 1 fully saturated rings. The van der Waals surface area contributed by atoms with Gasteiger partial charge in [0.15, 0.2) is 0 Å². The van der Waals surface area contributed by atoms with Crippen molar-refractivity contribution in [2.75, 3.05) is 29.3 Å².